The molecule has 1 aromatic carbocycles. The molecule has 6 heteroatoms. The SMILES string of the molecule is Cc1c([C@H]2CN3CCCC[C@H]3CO2)ccc(C#N)c1F.S.S. The van der Waals surface area contributed by atoms with Gasteiger partial charge in [0.25, 0.3) is 0 Å². The van der Waals surface area contributed by atoms with Crippen LogP contribution in [0.3, 0.4) is 0 Å². The summed E-state index contributed by atoms with van der Waals surface area (Å²) in [6.07, 6.45) is 3.64. The van der Waals surface area contributed by atoms with Crippen LogP contribution in [-0.4, -0.2) is 30.6 Å². The van der Waals surface area contributed by atoms with E-state index in [2.05, 4.69) is 4.90 Å². The predicted molar refractivity (Wildman–Crippen MR) is 94.5 cm³/mol. The molecule has 0 aliphatic carbocycles. The van der Waals surface area contributed by atoms with Gasteiger partial charge in [0.1, 0.15) is 11.9 Å². The van der Waals surface area contributed by atoms with E-state index in [0.29, 0.717) is 11.6 Å². The van der Waals surface area contributed by atoms with E-state index in [1.165, 1.54) is 19.3 Å². The van der Waals surface area contributed by atoms with Gasteiger partial charge in [0.15, 0.2) is 0 Å². The van der Waals surface area contributed by atoms with Crippen molar-refractivity contribution >= 4 is 27.0 Å². The highest BCUT2D eigenvalue weighted by atomic mass is 32.1. The summed E-state index contributed by atoms with van der Waals surface area (Å²) in [4.78, 5) is 2.47. The van der Waals surface area contributed by atoms with Gasteiger partial charge in [-0.3, -0.25) is 4.90 Å². The molecule has 2 aliphatic heterocycles. The molecule has 0 N–H and O–H groups in total. The van der Waals surface area contributed by atoms with Crippen LogP contribution in [0.1, 0.15) is 42.1 Å². The molecule has 3 rings (SSSR count). The molecule has 3 nitrogen and oxygen atoms in total. The maximum absolute atomic E-state index is 14.1. The number of halogens is 1. The van der Waals surface area contributed by atoms with Gasteiger partial charge in [-0.05, 0) is 43.5 Å². The lowest BCUT2D eigenvalue weighted by molar-refractivity contribution is -0.0769. The number of nitriles is 1. The van der Waals surface area contributed by atoms with Crippen LogP contribution in [0.2, 0.25) is 0 Å². The van der Waals surface area contributed by atoms with Gasteiger partial charge in [0, 0.05) is 12.6 Å². The minimum absolute atomic E-state index is 0. The van der Waals surface area contributed by atoms with E-state index < -0.39 is 5.82 Å². The third kappa shape index (κ3) is 3.60. The van der Waals surface area contributed by atoms with Crippen LogP contribution in [0.15, 0.2) is 12.1 Å². The Labute approximate surface area is 145 Å². The number of rotatable bonds is 1. The molecule has 0 aromatic heterocycles. The minimum Gasteiger partial charge on any atom is -0.371 e. The molecule has 0 saturated carbocycles. The van der Waals surface area contributed by atoms with Crippen molar-refractivity contribution in [1.29, 1.82) is 5.26 Å². The van der Waals surface area contributed by atoms with Gasteiger partial charge >= 0.3 is 0 Å². The molecule has 2 saturated heterocycles. The number of morpholine rings is 1. The van der Waals surface area contributed by atoms with Gasteiger partial charge < -0.3 is 4.74 Å². The molecule has 2 fully saturated rings. The normalized spacial score (nSPS) is 24.4. The first-order chi connectivity index (χ1) is 9.70. The zero-order valence-electron chi connectivity index (χ0n) is 12.7. The van der Waals surface area contributed by atoms with E-state index in [-0.39, 0.29) is 38.7 Å². The zero-order valence-corrected chi connectivity index (χ0v) is 14.7. The number of ether oxygens (including phenoxy) is 1. The third-order valence-electron chi connectivity index (χ3n) is 4.53. The Hall–Kier alpha value is -0.740. The molecule has 122 valence electrons. The smallest absolute Gasteiger partial charge is 0.144 e. The molecule has 22 heavy (non-hydrogen) atoms. The zero-order chi connectivity index (χ0) is 14.1. The predicted octanol–water partition coefficient (Wildman–Crippen LogP) is 3.16. The number of piperidine rings is 1. The maximum Gasteiger partial charge on any atom is 0.144 e. The van der Waals surface area contributed by atoms with Crippen LogP contribution in [0.25, 0.3) is 0 Å². The molecule has 0 radical (unpaired) electrons. The summed E-state index contributed by atoms with van der Waals surface area (Å²) in [6, 6.07) is 5.81. The fourth-order valence-corrected chi connectivity index (χ4v) is 3.31. The molecule has 0 bridgehead atoms. The van der Waals surface area contributed by atoms with E-state index in [9.17, 15) is 4.39 Å². The summed E-state index contributed by atoms with van der Waals surface area (Å²) in [5.74, 6) is -0.408. The van der Waals surface area contributed by atoms with Crippen molar-refractivity contribution in [3.8, 4) is 6.07 Å². The summed E-state index contributed by atoms with van der Waals surface area (Å²) in [6.45, 7) is 4.40. The van der Waals surface area contributed by atoms with Crippen molar-refractivity contribution < 1.29 is 9.13 Å². The highest BCUT2D eigenvalue weighted by Crippen LogP contribution is 2.32. The number of benzene rings is 1. The van der Waals surface area contributed by atoms with E-state index >= 15 is 0 Å². The van der Waals surface area contributed by atoms with Crippen LogP contribution in [0, 0.1) is 24.1 Å². The van der Waals surface area contributed by atoms with Crippen molar-refractivity contribution in [2.24, 2.45) is 0 Å². The topological polar surface area (TPSA) is 36.3 Å². The summed E-state index contributed by atoms with van der Waals surface area (Å²) < 4.78 is 20.0. The first-order valence-electron chi connectivity index (χ1n) is 7.25. The standard InChI is InChI=1S/C16H19FN2O.2H2S/c1-11-14(6-5-12(8-18)16(11)17)15-9-19-7-3-2-4-13(19)10-20-15;;/h5-6,13,15H,2-4,7,9-10H2,1H3;2*1H2/t13-,15+;;/m0../s1. The van der Waals surface area contributed by atoms with Gasteiger partial charge in [-0.15, -0.1) is 0 Å². The average Bonchev–Trinajstić information content (AvgIpc) is 2.49. The molecular formula is C16H23FN2OS2. The Morgan fingerprint density at radius 1 is 1.32 bits per heavy atom. The van der Waals surface area contributed by atoms with Gasteiger partial charge in [0.2, 0.25) is 0 Å². The van der Waals surface area contributed by atoms with E-state index in [4.69, 9.17) is 10.00 Å². The Bertz CT molecular complexity index is 562. The van der Waals surface area contributed by atoms with Gasteiger partial charge in [0.05, 0.1) is 18.3 Å². The lowest BCUT2D eigenvalue weighted by Crippen LogP contribution is -2.49. The number of fused-ring (bicyclic) bond motifs is 1. The monoisotopic (exact) mass is 342 g/mol. The Morgan fingerprint density at radius 2 is 2.09 bits per heavy atom. The van der Waals surface area contributed by atoms with Gasteiger partial charge in [-0.2, -0.15) is 32.3 Å². The fourth-order valence-electron chi connectivity index (χ4n) is 3.31. The average molecular weight is 343 g/mol. The second-order valence-corrected chi connectivity index (χ2v) is 5.72. The van der Waals surface area contributed by atoms with Crippen LogP contribution in [0.5, 0.6) is 0 Å². The molecule has 0 amide bonds. The van der Waals surface area contributed by atoms with Crippen LogP contribution in [0.4, 0.5) is 4.39 Å². The fraction of sp³-hybridized carbons (Fsp3) is 0.562. The quantitative estimate of drug-likeness (QED) is 0.786. The van der Waals surface area contributed by atoms with Crippen molar-refractivity contribution in [2.75, 3.05) is 19.7 Å². The Balaban J connectivity index is 0.00000121. The van der Waals surface area contributed by atoms with Crippen LogP contribution in [-0.2, 0) is 4.74 Å². The number of hydrogen-bond acceptors (Lipinski definition) is 3. The largest absolute Gasteiger partial charge is 0.371 e. The highest BCUT2D eigenvalue weighted by Gasteiger charge is 2.32. The second kappa shape index (κ2) is 8.21. The molecule has 0 unspecified atom stereocenters. The van der Waals surface area contributed by atoms with Gasteiger partial charge in [-0.1, -0.05) is 12.5 Å². The minimum atomic E-state index is -0.408. The van der Waals surface area contributed by atoms with E-state index in [1.807, 2.05) is 12.1 Å². The second-order valence-electron chi connectivity index (χ2n) is 5.72. The van der Waals surface area contributed by atoms with E-state index in [0.717, 1.165) is 25.3 Å². The molecular weight excluding hydrogens is 319 g/mol. The van der Waals surface area contributed by atoms with Crippen LogP contribution >= 0.6 is 27.0 Å². The first kappa shape index (κ1) is 19.3. The number of nitrogens with zero attached hydrogens (tertiary/aromatic N) is 2. The lowest BCUT2D eigenvalue weighted by Gasteiger charge is -2.42. The summed E-state index contributed by atoms with van der Waals surface area (Å²) in [5.41, 5.74) is 1.54. The van der Waals surface area contributed by atoms with Crippen molar-refractivity contribution in [2.45, 2.75) is 38.3 Å². The molecule has 2 aliphatic rings. The maximum atomic E-state index is 14.1. The molecule has 1 aromatic rings. The van der Waals surface area contributed by atoms with Crippen LogP contribution < -0.4 is 0 Å². The molecule has 2 atom stereocenters. The summed E-state index contributed by atoms with van der Waals surface area (Å²) in [7, 11) is 0. The van der Waals surface area contributed by atoms with Crippen molar-refractivity contribution in [3.63, 3.8) is 0 Å². The third-order valence-corrected chi connectivity index (χ3v) is 4.53. The first-order valence-corrected chi connectivity index (χ1v) is 7.25. The number of hydrogen-bond donors (Lipinski definition) is 0. The van der Waals surface area contributed by atoms with E-state index in [1.54, 1.807) is 13.0 Å². The van der Waals surface area contributed by atoms with Crippen molar-refractivity contribution in [1.82, 2.24) is 4.90 Å². The van der Waals surface area contributed by atoms with Crippen molar-refractivity contribution in [3.05, 3.63) is 34.6 Å². The molecule has 2 heterocycles. The summed E-state index contributed by atoms with van der Waals surface area (Å²) in [5, 5.41) is 8.87. The Morgan fingerprint density at radius 3 is 2.82 bits per heavy atom. The molecule has 0 spiro atoms. The lowest BCUT2D eigenvalue weighted by atomic mass is 9.95. The summed E-state index contributed by atoms with van der Waals surface area (Å²) >= 11 is 0. The highest BCUT2D eigenvalue weighted by molar-refractivity contribution is 7.59. The Kier molecular flexibility index (Phi) is 7.20. The van der Waals surface area contributed by atoms with Gasteiger partial charge in [-0.25, -0.2) is 4.39 Å².